The van der Waals surface area contributed by atoms with Gasteiger partial charge in [0.25, 0.3) is 5.89 Å². The number of aryl methyl sites for hydroxylation is 2. The van der Waals surface area contributed by atoms with E-state index in [4.69, 9.17) is 4.52 Å². The van der Waals surface area contributed by atoms with Gasteiger partial charge < -0.3 is 9.84 Å². The van der Waals surface area contributed by atoms with Crippen LogP contribution in [0.2, 0.25) is 0 Å². The summed E-state index contributed by atoms with van der Waals surface area (Å²) >= 11 is 0. The first-order valence-electron chi connectivity index (χ1n) is 8.20. The van der Waals surface area contributed by atoms with Crippen LogP contribution in [0.25, 0.3) is 17.1 Å². The molecular formula is C18H15FN6O2. The van der Waals surface area contributed by atoms with E-state index in [-0.39, 0.29) is 18.1 Å². The molecule has 27 heavy (non-hydrogen) atoms. The molecule has 1 N–H and O–H groups in total. The van der Waals surface area contributed by atoms with Gasteiger partial charge in [0.1, 0.15) is 11.6 Å². The molecule has 4 rings (SSSR count). The first-order valence-corrected chi connectivity index (χ1v) is 8.20. The highest BCUT2D eigenvalue weighted by atomic mass is 19.1. The van der Waals surface area contributed by atoms with Crippen molar-refractivity contribution in [2.75, 3.05) is 5.32 Å². The maximum Gasteiger partial charge on any atom is 0.258 e. The van der Waals surface area contributed by atoms with Crippen LogP contribution in [-0.2, 0) is 11.2 Å². The highest BCUT2D eigenvalue weighted by Crippen LogP contribution is 2.19. The third-order valence-corrected chi connectivity index (χ3v) is 4.03. The summed E-state index contributed by atoms with van der Waals surface area (Å²) in [5.41, 5.74) is 2.17. The van der Waals surface area contributed by atoms with Crippen LogP contribution in [0.3, 0.4) is 0 Å². The Morgan fingerprint density at radius 3 is 2.81 bits per heavy atom. The van der Waals surface area contributed by atoms with Crippen molar-refractivity contribution >= 4 is 17.2 Å². The number of hydrogen-bond acceptors (Lipinski definition) is 6. The molecule has 0 saturated carbocycles. The summed E-state index contributed by atoms with van der Waals surface area (Å²) in [6.45, 7) is 3.40. The molecule has 0 radical (unpaired) electrons. The Hall–Kier alpha value is -3.62. The zero-order chi connectivity index (χ0) is 19.0. The number of nitrogens with one attached hydrogen (secondary N) is 1. The SMILES string of the molecule is Cc1noc(-c2ccn3c(CC(=O)Nc4ccc(C)c(F)c4)nnc3c2)n1. The van der Waals surface area contributed by atoms with Gasteiger partial charge in [-0.05, 0) is 43.7 Å². The molecule has 9 heteroatoms. The van der Waals surface area contributed by atoms with Crippen molar-refractivity contribution in [3.05, 3.63) is 59.6 Å². The van der Waals surface area contributed by atoms with Crippen LogP contribution in [0.15, 0.2) is 41.1 Å². The second-order valence-corrected chi connectivity index (χ2v) is 6.10. The van der Waals surface area contributed by atoms with Crippen LogP contribution < -0.4 is 5.32 Å². The Bertz CT molecular complexity index is 1150. The highest BCUT2D eigenvalue weighted by Gasteiger charge is 2.14. The Labute approximate surface area is 153 Å². The van der Waals surface area contributed by atoms with E-state index in [1.165, 1.54) is 6.07 Å². The molecule has 3 heterocycles. The maximum absolute atomic E-state index is 13.6. The number of fused-ring (bicyclic) bond motifs is 1. The fourth-order valence-corrected chi connectivity index (χ4v) is 2.63. The van der Waals surface area contributed by atoms with Crippen molar-refractivity contribution < 1.29 is 13.7 Å². The molecule has 136 valence electrons. The van der Waals surface area contributed by atoms with E-state index in [0.717, 1.165) is 0 Å². The molecule has 1 aromatic carbocycles. The molecule has 0 spiro atoms. The fourth-order valence-electron chi connectivity index (χ4n) is 2.63. The third-order valence-electron chi connectivity index (χ3n) is 4.03. The van der Waals surface area contributed by atoms with Crippen molar-refractivity contribution in [1.29, 1.82) is 0 Å². The first-order chi connectivity index (χ1) is 13.0. The van der Waals surface area contributed by atoms with Crippen LogP contribution in [-0.4, -0.2) is 30.6 Å². The van der Waals surface area contributed by atoms with Crippen molar-refractivity contribution in [2.24, 2.45) is 0 Å². The van der Waals surface area contributed by atoms with Crippen LogP contribution in [0.1, 0.15) is 17.2 Å². The Morgan fingerprint density at radius 2 is 2.07 bits per heavy atom. The number of amides is 1. The quantitative estimate of drug-likeness (QED) is 0.596. The maximum atomic E-state index is 13.6. The molecule has 0 fully saturated rings. The molecule has 0 atom stereocenters. The summed E-state index contributed by atoms with van der Waals surface area (Å²) in [6.07, 6.45) is 1.73. The van der Waals surface area contributed by atoms with E-state index >= 15 is 0 Å². The molecule has 0 bridgehead atoms. The molecular weight excluding hydrogens is 351 g/mol. The second kappa shape index (κ2) is 6.60. The van der Waals surface area contributed by atoms with Gasteiger partial charge in [0.15, 0.2) is 11.5 Å². The fraction of sp³-hybridized carbons (Fsp3) is 0.167. The predicted molar refractivity (Wildman–Crippen MR) is 94.5 cm³/mol. The summed E-state index contributed by atoms with van der Waals surface area (Å²) < 4.78 is 20.4. The Morgan fingerprint density at radius 1 is 1.22 bits per heavy atom. The lowest BCUT2D eigenvalue weighted by Gasteiger charge is -2.06. The minimum atomic E-state index is -0.371. The second-order valence-electron chi connectivity index (χ2n) is 6.10. The van der Waals surface area contributed by atoms with E-state index in [9.17, 15) is 9.18 Å². The molecule has 0 aliphatic carbocycles. The molecule has 0 aliphatic rings. The summed E-state index contributed by atoms with van der Waals surface area (Å²) in [5, 5.41) is 14.6. The lowest BCUT2D eigenvalue weighted by atomic mass is 10.2. The van der Waals surface area contributed by atoms with Gasteiger partial charge in [0, 0.05) is 17.4 Å². The van der Waals surface area contributed by atoms with Crippen LogP contribution in [0, 0.1) is 19.7 Å². The van der Waals surface area contributed by atoms with Crippen molar-refractivity contribution in [1.82, 2.24) is 24.7 Å². The number of rotatable bonds is 4. The summed E-state index contributed by atoms with van der Waals surface area (Å²) in [7, 11) is 0. The molecule has 1 amide bonds. The van der Waals surface area contributed by atoms with Crippen molar-refractivity contribution in [3.63, 3.8) is 0 Å². The minimum Gasteiger partial charge on any atom is -0.334 e. The average molecular weight is 366 g/mol. The van der Waals surface area contributed by atoms with E-state index in [2.05, 4.69) is 25.7 Å². The first kappa shape index (κ1) is 16.8. The molecule has 8 nitrogen and oxygen atoms in total. The van der Waals surface area contributed by atoms with Crippen molar-refractivity contribution in [3.8, 4) is 11.5 Å². The zero-order valence-electron chi connectivity index (χ0n) is 14.6. The average Bonchev–Trinajstić information content (AvgIpc) is 3.24. The van der Waals surface area contributed by atoms with E-state index in [1.807, 2.05) is 0 Å². The van der Waals surface area contributed by atoms with Crippen molar-refractivity contribution in [2.45, 2.75) is 20.3 Å². The topological polar surface area (TPSA) is 98.2 Å². The van der Waals surface area contributed by atoms with Gasteiger partial charge in [-0.25, -0.2) is 4.39 Å². The lowest BCUT2D eigenvalue weighted by molar-refractivity contribution is -0.115. The minimum absolute atomic E-state index is 0.00429. The van der Waals surface area contributed by atoms with Gasteiger partial charge >= 0.3 is 0 Å². The molecule has 0 unspecified atom stereocenters. The summed E-state index contributed by atoms with van der Waals surface area (Å²) in [6, 6.07) is 8.07. The number of benzene rings is 1. The zero-order valence-corrected chi connectivity index (χ0v) is 14.6. The molecule has 0 saturated heterocycles. The number of anilines is 1. The Balaban J connectivity index is 1.53. The summed E-state index contributed by atoms with van der Waals surface area (Å²) in [5.74, 6) is 0.701. The van der Waals surface area contributed by atoms with Crippen LogP contribution >= 0.6 is 0 Å². The van der Waals surface area contributed by atoms with E-state index in [1.54, 1.807) is 48.7 Å². The smallest absolute Gasteiger partial charge is 0.258 e. The standard InChI is InChI=1S/C18H15FN6O2/c1-10-3-4-13(8-14(10)19)21-17(26)9-16-23-22-15-7-12(5-6-25(15)16)18-20-11(2)24-27-18/h3-8H,9H2,1-2H3,(H,21,26). The molecule has 0 aliphatic heterocycles. The number of aromatic nitrogens is 5. The van der Waals surface area contributed by atoms with Crippen LogP contribution in [0.4, 0.5) is 10.1 Å². The van der Waals surface area contributed by atoms with E-state index in [0.29, 0.717) is 40.0 Å². The Kier molecular flexibility index (Phi) is 4.11. The summed E-state index contributed by atoms with van der Waals surface area (Å²) in [4.78, 5) is 16.4. The van der Waals surface area contributed by atoms with Gasteiger partial charge in [-0.2, -0.15) is 4.98 Å². The monoisotopic (exact) mass is 366 g/mol. The van der Waals surface area contributed by atoms with Gasteiger partial charge in [-0.15, -0.1) is 10.2 Å². The van der Waals surface area contributed by atoms with Gasteiger partial charge in [0.05, 0.1) is 6.42 Å². The number of carbonyl (C=O) groups excluding carboxylic acids is 1. The number of carbonyl (C=O) groups is 1. The van der Waals surface area contributed by atoms with Crippen LogP contribution in [0.5, 0.6) is 0 Å². The lowest BCUT2D eigenvalue weighted by Crippen LogP contribution is -2.16. The molecule has 4 aromatic rings. The van der Waals surface area contributed by atoms with Gasteiger partial charge in [-0.3, -0.25) is 9.20 Å². The normalized spacial score (nSPS) is 11.1. The molecule has 3 aromatic heterocycles. The van der Waals surface area contributed by atoms with E-state index < -0.39 is 0 Å². The predicted octanol–water partition coefficient (Wildman–Crippen LogP) is 2.72. The third kappa shape index (κ3) is 3.39. The number of pyridine rings is 1. The highest BCUT2D eigenvalue weighted by molar-refractivity contribution is 5.91. The number of hydrogen-bond donors (Lipinski definition) is 1. The number of nitrogens with zero attached hydrogens (tertiary/aromatic N) is 5. The van der Waals surface area contributed by atoms with Gasteiger partial charge in [0.2, 0.25) is 5.91 Å². The number of halogens is 1. The van der Waals surface area contributed by atoms with Gasteiger partial charge in [-0.1, -0.05) is 11.2 Å². The largest absolute Gasteiger partial charge is 0.334 e.